The zero-order valence-electron chi connectivity index (χ0n) is 7.28. The molecule has 0 aliphatic carbocycles. The summed E-state index contributed by atoms with van der Waals surface area (Å²) in [5.74, 6) is -1.33. The summed E-state index contributed by atoms with van der Waals surface area (Å²) in [6.45, 7) is 4.38. The Kier molecular flexibility index (Phi) is 2.35. The second kappa shape index (κ2) is 3.13. The Morgan fingerprint density at radius 2 is 2.17 bits per heavy atom. The largest absolute Gasteiger partial charge is 0.481 e. The molecule has 0 aromatic carbocycles. The molecule has 4 nitrogen and oxygen atoms in total. The molecule has 1 fully saturated rings. The number of carboxylic acid groups (broad SMARTS) is 1. The number of carbonyl (C=O) groups excluding carboxylic acids is 1. The van der Waals surface area contributed by atoms with Crippen LogP contribution in [0.3, 0.4) is 0 Å². The van der Waals surface area contributed by atoms with E-state index in [0.29, 0.717) is 6.04 Å². The summed E-state index contributed by atoms with van der Waals surface area (Å²) in [4.78, 5) is 23.3. The van der Waals surface area contributed by atoms with Crippen LogP contribution in [0.4, 0.5) is 0 Å². The maximum atomic E-state index is 11.3. The fourth-order valence-electron chi connectivity index (χ4n) is 1.18. The maximum absolute atomic E-state index is 11.3. The second-order valence-corrected chi connectivity index (χ2v) is 3.34. The van der Waals surface area contributed by atoms with Crippen molar-refractivity contribution in [2.24, 2.45) is 5.92 Å². The highest BCUT2D eigenvalue weighted by Gasteiger charge is 2.36. The molecule has 1 rings (SSSR count). The topological polar surface area (TPSA) is 57.4 Å². The van der Waals surface area contributed by atoms with Crippen LogP contribution in [0.15, 0.2) is 0 Å². The summed E-state index contributed by atoms with van der Waals surface area (Å²) in [6.07, 6.45) is -0.0674. The van der Waals surface area contributed by atoms with Crippen molar-refractivity contribution in [2.45, 2.75) is 26.3 Å². The van der Waals surface area contributed by atoms with Gasteiger partial charge in [-0.3, -0.25) is 9.59 Å². The molecule has 0 aromatic rings. The Balaban J connectivity index is 2.37. The molecule has 1 aliphatic rings. The van der Waals surface area contributed by atoms with E-state index in [1.54, 1.807) is 11.8 Å². The van der Waals surface area contributed by atoms with Crippen LogP contribution in [0, 0.1) is 5.92 Å². The van der Waals surface area contributed by atoms with Crippen LogP contribution < -0.4 is 0 Å². The minimum Gasteiger partial charge on any atom is -0.481 e. The highest BCUT2D eigenvalue weighted by molar-refractivity contribution is 5.84. The Labute approximate surface area is 71.2 Å². The molecule has 1 saturated heterocycles. The lowest BCUT2D eigenvalue weighted by molar-refractivity contribution is -0.142. The lowest BCUT2D eigenvalue weighted by atomic mass is 10.1. The van der Waals surface area contributed by atoms with Gasteiger partial charge >= 0.3 is 5.97 Å². The van der Waals surface area contributed by atoms with Gasteiger partial charge < -0.3 is 10.0 Å². The van der Waals surface area contributed by atoms with Gasteiger partial charge in [0.2, 0.25) is 5.91 Å². The fourth-order valence-corrected chi connectivity index (χ4v) is 1.18. The van der Waals surface area contributed by atoms with E-state index < -0.39 is 5.97 Å². The molecule has 1 heterocycles. The van der Waals surface area contributed by atoms with Crippen molar-refractivity contribution in [1.82, 2.24) is 4.90 Å². The normalized spacial score (nSPS) is 23.5. The standard InChI is InChI=1S/C8H13NO3/c1-5(3-7(10)11)8(12)9-4-6(9)2/h5-6H,3-4H2,1-2H3,(H,10,11). The van der Waals surface area contributed by atoms with Gasteiger partial charge in [0.15, 0.2) is 0 Å². The molecule has 0 radical (unpaired) electrons. The first-order valence-electron chi connectivity index (χ1n) is 4.04. The summed E-state index contributed by atoms with van der Waals surface area (Å²) in [5.41, 5.74) is 0. The molecule has 0 bridgehead atoms. The van der Waals surface area contributed by atoms with Crippen molar-refractivity contribution >= 4 is 11.9 Å². The molecule has 4 heteroatoms. The van der Waals surface area contributed by atoms with Gasteiger partial charge in [0, 0.05) is 18.5 Å². The van der Waals surface area contributed by atoms with E-state index in [1.165, 1.54) is 0 Å². The molecule has 12 heavy (non-hydrogen) atoms. The summed E-state index contributed by atoms with van der Waals surface area (Å²) in [7, 11) is 0. The zero-order valence-corrected chi connectivity index (χ0v) is 7.28. The first kappa shape index (κ1) is 9.03. The van der Waals surface area contributed by atoms with Crippen LogP contribution in [0.1, 0.15) is 20.3 Å². The monoisotopic (exact) mass is 171 g/mol. The number of carboxylic acids is 1. The number of rotatable bonds is 3. The molecule has 2 atom stereocenters. The van der Waals surface area contributed by atoms with Crippen molar-refractivity contribution in [2.75, 3.05) is 6.54 Å². The van der Waals surface area contributed by atoms with Crippen molar-refractivity contribution in [3.8, 4) is 0 Å². The molecule has 2 unspecified atom stereocenters. The summed E-state index contributed by atoms with van der Waals surface area (Å²) in [5, 5.41) is 8.43. The van der Waals surface area contributed by atoms with Crippen molar-refractivity contribution in [1.29, 1.82) is 0 Å². The highest BCUT2D eigenvalue weighted by Crippen LogP contribution is 2.20. The summed E-state index contributed by atoms with van der Waals surface area (Å²) < 4.78 is 0. The summed E-state index contributed by atoms with van der Waals surface area (Å²) in [6, 6.07) is 0.314. The number of hydrogen-bond acceptors (Lipinski definition) is 2. The minimum absolute atomic E-state index is 0.0371. The van der Waals surface area contributed by atoms with Gasteiger partial charge in [-0.15, -0.1) is 0 Å². The molecule has 0 aromatic heterocycles. The molecule has 1 N–H and O–H groups in total. The van der Waals surface area contributed by atoms with Gasteiger partial charge in [0.1, 0.15) is 0 Å². The third kappa shape index (κ3) is 1.96. The highest BCUT2D eigenvalue weighted by atomic mass is 16.4. The zero-order chi connectivity index (χ0) is 9.30. The number of amides is 1. The number of nitrogens with zero attached hydrogens (tertiary/aromatic N) is 1. The molecule has 0 saturated carbocycles. The molecule has 1 amide bonds. The Bertz CT molecular complexity index is 214. The van der Waals surface area contributed by atoms with Gasteiger partial charge in [0.25, 0.3) is 0 Å². The maximum Gasteiger partial charge on any atom is 0.304 e. The second-order valence-electron chi connectivity index (χ2n) is 3.34. The van der Waals surface area contributed by atoms with E-state index in [0.717, 1.165) is 6.54 Å². The van der Waals surface area contributed by atoms with Crippen molar-refractivity contribution < 1.29 is 14.7 Å². The van der Waals surface area contributed by atoms with Crippen LogP contribution in [0.2, 0.25) is 0 Å². The Morgan fingerprint density at radius 3 is 2.50 bits per heavy atom. The van der Waals surface area contributed by atoms with E-state index in [4.69, 9.17) is 5.11 Å². The van der Waals surface area contributed by atoms with Gasteiger partial charge in [-0.25, -0.2) is 0 Å². The Hall–Kier alpha value is -1.06. The molecule has 0 spiro atoms. The van der Waals surface area contributed by atoms with Crippen LogP contribution in [0.25, 0.3) is 0 Å². The molecular weight excluding hydrogens is 158 g/mol. The van der Waals surface area contributed by atoms with Gasteiger partial charge in [-0.2, -0.15) is 0 Å². The first-order valence-corrected chi connectivity index (χ1v) is 4.04. The number of carbonyl (C=O) groups is 2. The minimum atomic E-state index is -0.912. The predicted molar refractivity (Wildman–Crippen MR) is 42.6 cm³/mol. The van der Waals surface area contributed by atoms with Crippen LogP contribution >= 0.6 is 0 Å². The van der Waals surface area contributed by atoms with Gasteiger partial charge in [-0.05, 0) is 6.92 Å². The lowest BCUT2D eigenvalue weighted by Gasteiger charge is -2.08. The SMILES string of the molecule is CC(CC(=O)O)C(=O)N1CC1C. The van der Waals surface area contributed by atoms with Crippen molar-refractivity contribution in [3.05, 3.63) is 0 Å². The number of hydrogen-bond donors (Lipinski definition) is 1. The predicted octanol–water partition coefficient (Wildman–Crippen LogP) is 0.328. The summed E-state index contributed by atoms with van der Waals surface area (Å²) >= 11 is 0. The number of aliphatic carboxylic acids is 1. The fraction of sp³-hybridized carbons (Fsp3) is 0.750. The van der Waals surface area contributed by atoms with E-state index >= 15 is 0 Å². The third-order valence-corrected chi connectivity index (χ3v) is 2.04. The van der Waals surface area contributed by atoms with Gasteiger partial charge in [-0.1, -0.05) is 6.92 Å². The quantitative estimate of drug-likeness (QED) is 0.622. The van der Waals surface area contributed by atoms with E-state index in [1.807, 2.05) is 6.92 Å². The van der Waals surface area contributed by atoms with Gasteiger partial charge in [0.05, 0.1) is 6.42 Å². The van der Waals surface area contributed by atoms with Crippen LogP contribution in [-0.4, -0.2) is 34.5 Å². The Morgan fingerprint density at radius 1 is 1.67 bits per heavy atom. The smallest absolute Gasteiger partial charge is 0.304 e. The van der Waals surface area contributed by atoms with Crippen molar-refractivity contribution in [3.63, 3.8) is 0 Å². The average Bonchev–Trinajstić information content (AvgIpc) is 2.64. The third-order valence-electron chi connectivity index (χ3n) is 2.04. The first-order chi connectivity index (χ1) is 5.52. The van der Waals surface area contributed by atoms with E-state index in [9.17, 15) is 9.59 Å². The van der Waals surface area contributed by atoms with Crippen LogP contribution in [-0.2, 0) is 9.59 Å². The molecule has 68 valence electrons. The average molecular weight is 171 g/mol. The molecule has 1 aliphatic heterocycles. The van der Waals surface area contributed by atoms with E-state index in [2.05, 4.69) is 0 Å². The molecular formula is C8H13NO3. The van der Waals surface area contributed by atoms with E-state index in [-0.39, 0.29) is 18.2 Å². The lowest BCUT2D eigenvalue weighted by Crippen LogP contribution is -2.23. The van der Waals surface area contributed by atoms with Crippen LogP contribution in [0.5, 0.6) is 0 Å².